The Balaban J connectivity index is 2.16. The van der Waals surface area contributed by atoms with Gasteiger partial charge in [-0.3, -0.25) is 14.9 Å². The number of aliphatic hydroxyl groups is 1. The van der Waals surface area contributed by atoms with E-state index < -0.39 is 24.2 Å². The van der Waals surface area contributed by atoms with Crippen molar-refractivity contribution >= 4 is 17.4 Å². The highest BCUT2D eigenvalue weighted by atomic mass is 16.4. The molecule has 2 rings (SSSR count). The van der Waals surface area contributed by atoms with E-state index >= 15 is 0 Å². The summed E-state index contributed by atoms with van der Waals surface area (Å²) in [5.41, 5.74) is 2.72. The second-order valence-electron chi connectivity index (χ2n) is 5.60. The van der Waals surface area contributed by atoms with Gasteiger partial charge in [0, 0.05) is 17.8 Å². The number of carbonyl (C=O) groups excluding carboxylic acids is 1. The molecule has 0 aromatic heterocycles. The Bertz CT molecular complexity index is 571. The fourth-order valence-electron chi connectivity index (χ4n) is 2.67. The number of anilines is 1. The molecule has 0 fully saturated rings. The average molecular weight is 306 g/mol. The minimum absolute atomic E-state index is 0.149. The van der Waals surface area contributed by atoms with Gasteiger partial charge in [-0.05, 0) is 43.5 Å². The van der Waals surface area contributed by atoms with Crippen LogP contribution >= 0.6 is 0 Å². The van der Waals surface area contributed by atoms with Gasteiger partial charge in [-0.1, -0.05) is 6.92 Å². The van der Waals surface area contributed by atoms with E-state index in [0.717, 1.165) is 24.2 Å². The lowest BCUT2D eigenvalue weighted by Crippen LogP contribution is -2.51. The van der Waals surface area contributed by atoms with Crippen molar-refractivity contribution in [2.45, 2.75) is 44.9 Å². The summed E-state index contributed by atoms with van der Waals surface area (Å²) in [7, 11) is 0. The molecule has 120 valence electrons. The first kappa shape index (κ1) is 16.5. The van der Waals surface area contributed by atoms with Crippen molar-refractivity contribution in [2.75, 3.05) is 11.9 Å². The molecule has 0 aliphatic carbocycles. The minimum atomic E-state index is -1.17. The number of hydrogen-bond acceptors (Lipinski definition) is 5. The number of aliphatic carboxylic acids is 1. The van der Waals surface area contributed by atoms with Gasteiger partial charge in [-0.25, -0.2) is 0 Å². The van der Waals surface area contributed by atoms with Crippen LogP contribution in [0.15, 0.2) is 18.2 Å². The molecule has 1 aliphatic rings. The Morgan fingerprint density at radius 3 is 2.73 bits per heavy atom. The van der Waals surface area contributed by atoms with E-state index in [-0.39, 0.29) is 5.78 Å². The highest BCUT2D eigenvalue weighted by Gasteiger charge is 2.29. The molecular formula is C16H22N2O4. The smallest absolute Gasteiger partial charge is 0.323 e. The standard InChI is InChI=1S/C16H22N2O4/c1-3-12(18-14(9(2)19)16(21)22)15(20)11-4-5-13-10(8-11)6-7-17-13/h4-5,8-9,12,14,17-19H,3,6-7H2,1-2H3,(H,21,22). The molecule has 4 N–H and O–H groups in total. The molecule has 0 spiro atoms. The number of carboxylic acids is 1. The van der Waals surface area contributed by atoms with Crippen molar-refractivity contribution in [1.82, 2.24) is 5.32 Å². The molecule has 1 aliphatic heterocycles. The number of carbonyl (C=O) groups is 2. The van der Waals surface area contributed by atoms with Crippen LogP contribution in [-0.2, 0) is 11.2 Å². The van der Waals surface area contributed by atoms with Gasteiger partial charge in [0.05, 0.1) is 12.1 Å². The van der Waals surface area contributed by atoms with Crippen LogP contribution in [0.5, 0.6) is 0 Å². The summed E-state index contributed by atoms with van der Waals surface area (Å²) >= 11 is 0. The second-order valence-corrected chi connectivity index (χ2v) is 5.60. The van der Waals surface area contributed by atoms with Crippen molar-refractivity contribution in [3.63, 3.8) is 0 Å². The van der Waals surface area contributed by atoms with Crippen molar-refractivity contribution in [1.29, 1.82) is 0 Å². The van der Waals surface area contributed by atoms with Crippen LogP contribution in [-0.4, -0.2) is 46.7 Å². The van der Waals surface area contributed by atoms with Gasteiger partial charge < -0.3 is 15.5 Å². The number of carboxylic acid groups (broad SMARTS) is 1. The van der Waals surface area contributed by atoms with Crippen molar-refractivity contribution in [3.8, 4) is 0 Å². The molecular weight excluding hydrogens is 284 g/mol. The molecule has 1 aromatic rings. The molecule has 3 unspecified atom stereocenters. The molecule has 1 aromatic carbocycles. The molecule has 1 heterocycles. The predicted molar refractivity (Wildman–Crippen MR) is 83.3 cm³/mol. The normalized spacial score (nSPS) is 17.2. The number of ketones is 1. The van der Waals surface area contributed by atoms with E-state index in [1.807, 2.05) is 19.1 Å². The quantitative estimate of drug-likeness (QED) is 0.562. The van der Waals surface area contributed by atoms with E-state index in [1.165, 1.54) is 6.92 Å². The molecule has 6 nitrogen and oxygen atoms in total. The highest BCUT2D eigenvalue weighted by Crippen LogP contribution is 2.24. The molecule has 3 atom stereocenters. The van der Waals surface area contributed by atoms with Gasteiger partial charge in [0.25, 0.3) is 0 Å². The third kappa shape index (κ3) is 3.45. The monoisotopic (exact) mass is 306 g/mol. The van der Waals surface area contributed by atoms with Crippen LogP contribution in [0.2, 0.25) is 0 Å². The molecule has 22 heavy (non-hydrogen) atoms. The minimum Gasteiger partial charge on any atom is -0.480 e. The maximum Gasteiger partial charge on any atom is 0.323 e. The third-order valence-electron chi connectivity index (χ3n) is 3.95. The lowest BCUT2D eigenvalue weighted by Gasteiger charge is -2.23. The maximum atomic E-state index is 12.6. The van der Waals surface area contributed by atoms with Crippen LogP contribution in [0, 0.1) is 0 Å². The van der Waals surface area contributed by atoms with E-state index in [1.54, 1.807) is 6.07 Å². The summed E-state index contributed by atoms with van der Waals surface area (Å²) in [4.78, 5) is 23.8. The van der Waals surface area contributed by atoms with Gasteiger partial charge in [0.15, 0.2) is 5.78 Å². The third-order valence-corrected chi connectivity index (χ3v) is 3.95. The predicted octanol–water partition coefficient (Wildman–Crippen LogP) is 1.04. The summed E-state index contributed by atoms with van der Waals surface area (Å²) in [5, 5.41) is 24.7. The molecule has 6 heteroatoms. The number of benzene rings is 1. The second kappa shape index (κ2) is 6.89. The molecule has 0 radical (unpaired) electrons. The topological polar surface area (TPSA) is 98.7 Å². The zero-order chi connectivity index (χ0) is 16.3. The Kier molecular flexibility index (Phi) is 5.15. The van der Waals surface area contributed by atoms with Crippen LogP contribution < -0.4 is 10.6 Å². The Morgan fingerprint density at radius 2 is 2.14 bits per heavy atom. The summed E-state index contributed by atoms with van der Waals surface area (Å²) in [5.74, 6) is -1.32. The first-order chi connectivity index (χ1) is 10.4. The fourth-order valence-corrected chi connectivity index (χ4v) is 2.67. The zero-order valence-electron chi connectivity index (χ0n) is 12.8. The SMILES string of the molecule is CCC(NC(C(=O)O)C(C)O)C(=O)c1ccc2c(c1)CCN2. The van der Waals surface area contributed by atoms with E-state index in [2.05, 4.69) is 10.6 Å². The van der Waals surface area contributed by atoms with Crippen molar-refractivity contribution < 1.29 is 19.8 Å². The first-order valence-corrected chi connectivity index (χ1v) is 7.52. The number of rotatable bonds is 7. The summed E-state index contributed by atoms with van der Waals surface area (Å²) < 4.78 is 0. The number of hydrogen-bond donors (Lipinski definition) is 4. The highest BCUT2D eigenvalue weighted by molar-refractivity contribution is 6.01. The van der Waals surface area contributed by atoms with Gasteiger partial charge in [-0.2, -0.15) is 0 Å². The maximum absolute atomic E-state index is 12.6. The van der Waals surface area contributed by atoms with Gasteiger partial charge >= 0.3 is 5.97 Å². The van der Waals surface area contributed by atoms with Gasteiger partial charge in [0.1, 0.15) is 6.04 Å². The molecule has 0 saturated carbocycles. The van der Waals surface area contributed by atoms with E-state index in [9.17, 15) is 14.7 Å². The Labute approximate surface area is 129 Å². The average Bonchev–Trinajstić information content (AvgIpc) is 2.94. The number of Topliss-reactive ketones (excluding diaryl/α,β-unsaturated/α-hetero) is 1. The van der Waals surface area contributed by atoms with Crippen LogP contribution in [0.25, 0.3) is 0 Å². The van der Waals surface area contributed by atoms with Crippen molar-refractivity contribution in [2.24, 2.45) is 0 Å². The van der Waals surface area contributed by atoms with Crippen LogP contribution in [0.4, 0.5) is 5.69 Å². The number of fused-ring (bicyclic) bond motifs is 1. The van der Waals surface area contributed by atoms with Crippen LogP contribution in [0.3, 0.4) is 0 Å². The Morgan fingerprint density at radius 1 is 1.41 bits per heavy atom. The number of aliphatic hydroxyl groups excluding tert-OH is 1. The first-order valence-electron chi connectivity index (χ1n) is 7.52. The van der Waals surface area contributed by atoms with Crippen LogP contribution in [0.1, 0.15) is 36.2 Å². The van der Waals surface area contributed by atoms with Gasteiger partial charge in [-0.15, -0.1) is 0 Å². The molecule has 0 amide bonds. The van der Waals surface area contributed by atoms with E-state index in [0.29, 0.717) is 12.0 Å². The van der Waals surface area contributed by atoms with Gasteiger partial charge in [0.2, 0.25) is 0 Å². The number of nitrogens with one attached hydrogen (secondary N) is 2. The van der Waals surface area contributed by atoms with Crippen molar-refractivity contribution in [3.05, 3.63) is 29.3 Å². The zero-order valence-corrected chi connectivity index (χ0v) is 12.8. The van der Waals surface area contributed by atoms with E-state index in [4.69, 9.17) is 5.11 Å². The molecule has 0 saturated heterocycles. The molecule has 0 bridgehead atoms. The summed E-state index contributed by atoms with van der Waals surface area (Å²) in [6, 6.07) is 3.70. The fraction of sp³-hybridized carbons (Fsp3) is 0.500. The summed E-state index contributed by atoms with van der Waals surface area (Å²) in [6.45, 7) is 4.07. The lowest BCUT2D eigenvalue weighted by atomic mass is 9.98. The summed E-state index contributed by atoms with van der Waals surface area (Å²) in [6.07, 6.45) is 0.250. The Hall–Kier alpha value is -1.92. The largest absolute Gasteiger partial charge is 0.480 e. The lowest BCUT2D eigenvalue weighted by molar-refractivity contribution is -0.142.